The molecule has 1 aliphatic rings. The van der Waals surface area contributed by atoms with Crippen molar-refractivity contribution in [3.8, 4) is 0 Å². The second-order valence-corrected chi connectivity index (χ2v) is 8.26. The summed E-state index contributed by atoms with van der Waals surface area (Å²) in [5.41, 5.74) is 7.04. The number of nitrogens with two attached hydrogens (primary N) is 1. The average molecular weight is 312 g/mol. The molecule has 7 heteroatoms. The molecular formula is C12H12N2O2S3. The number of hydrogen-bond donors (Lipinski definition) is 1. The van der Waals surface area contributed by atoms with Crippen LogP contribution in [-0.2, 0) is 10.0 Å². The summed E-state index contributed by atoms with van der Waals surface area (Å²) in [4.78, 5) is 0.959. The first-order valence-corrected chi connectivity index (χ1v) is 8.98. The first-order chi connectivity index (χ1) is 9.09. The van der Waals surface area contributed by atoms with E-state index < -0.39 is 10.0 Å². The number of rotatable bonds is 2. The largest absolute Gasteiger partial charge is 0.399 e. The van der Waals surface area contributed by atoms with Crippen LogP contribution < -0.4 is 10.0 Å². The Labute approximate surface area is 120 Å². The van der Waals surface area contributed by atoms with Gasteiger partial charge in [0.15, 0.2) is 0 Å². The normalized spacial score (nSPS) is 15.3. The molecule has 0 saturated carbocycles. The number of hydrogen-bond acceptors (Lipinski definition) is 5. The Morgan fingerprint density at radius 1 is 1.26 bits per heavy atom. The maximum atomic E-state index is 12.6. The van der Waals surface area contributed by atoms with Crippen LogP contribution in [0.15, 0.2) is 44.8 Å². The lowest BCUT2D eigenvalue weighted by Gasteiger charge is -2.29. The van der Waals surface area contributed by atoms with Gasteiger partial charge >= 0.3 is 0 Å². The van der Waals surface area contributed by atoms with Crippen LogP contribution in [0.5, 0.6) is 0 Å². The molecule has 0 spiro atoms. The van der Waals surface area contributed by atoms with Crippen molar-refractivity contribution >= 4 is 44.5 Å². The predicted octanol–water partition coefficient (Wildman–Crippen LogP) is 2.63. The van der Waals surface area contributed by atoms with Gasteiger partial charge in [0, 0.05) is 22.9 Å². The highest BCUT2D eigenvalue weighted by Crippen LogP contribution is 2.39. The van der Waals surface area contributed by atoms with E-state index in [0.717, 1.165) is 10.6 Å². The van der Waals surface area contributed by atoms with Crippen LogP contribution >= 0.6 is 23.1 Å². The summed E-state index contributed by atoms with van der Waals surface area (Å²) in [6.07, 6.45) is 0. The number of benzene rings is 1. The Morgan fingerprint density at radius 3 is 2.84 bits per heavy atom. The van der Waals surface area contributed by atoms with Crippen molar-refractivity contribution in [1.82, 2.24) is 0 Å². The number of sulfonamides is 1. The van der Waals surface area contributed by atoms with E-state index in [1.54, 1.807) is 41.4 Å². The quantitative estimate of drug-likeness (QED) is 0.866. The Kier molecular flexibility index (Phi) is 3.20. The van der Waals surface area contributed by atoms with Crippen LogP contribution in [0.4, 0.5) is 11.4 Å². The lowest BCUT2D eigenvalue weighted by molar-refractivity contribution is 0.593. The summed E-state index contributed by atoms with van der Waals surface area (Å²) >= 11 is 2.89. The highest BCUT2D eigenvalue weighted by atomic mass is 32.2. The van der Waals surface area contributed by atoms with Crippen molar-refractivity contribution in [1.29, 1.82) is 0 Å². The third-order valence-corrected chi connectivity index (χ3v) is 7.07. The van der Waals surface area contributed by atoms with Gasteiger partial charge in [-0.25, -0.2) is 8.42 Å². The molecule has 0 unspecified atom stereocenters. The van der Waals surface area contributed by atoms with Gasteiger partial charge in [-0.1, -0.05) is 6.07 Å². The maximum Gasteiger partial charge on any atom is 0.273 e. The van der Waals surface area contributed by atoms with Crippen LogP contribution in [-0.4, -0.2) is 20.7 Å². The SMILES string of the molecule is Nc1ccc2c(c1)N(S(=O)(=O)c1cccs1)CCS2. The van der Waals surface area contributed by atoms with Crippen molar-refractivity contribution in [3.63, 3.8) is 0 Å². The molecule has 4 nitrogen and oxygen atoms in total. The standard InChI is InChI=1S/C12H12N2O2S3/c13-9-3-4-11-10(8-9)14(5-7-17-11)19(15,16)12-2-1-6-18-12/h1-4,6,8H,5,7,13H2. The monoisotopic (exact) mass is 312 g/mol. The van der Waals surface area contributed by atoms with E-state index in [1.807, 2.05) is 6.07 Å². The van der Waals surface area contributed by atoms with Crippen molar-refractivity contribution in [3.05, 3.63) is 35.7 Å². The zero-order valence-corrected chi connectivity index (χ0v) is 12.4. The number of thiophene rings is 1. The van der Waals surface area contributed by atoms with E-state index in [2.05, 4.69) is 0 Å². The molecule has 1 aromatic heterocycles. The molecule has 0 saturated heterocycles. The summed E-state index contributed by atoms with van der Waals surface area (Å²) in [5.74, 6) is 0.752. The molecule has 0 fully saturated rings. The summed E-state index contributed by atoms with van der Waals surface area (Å²) in [5, 5.41) is 1.77. The van der Waals surface area contributed by atoms with Crippen molar-refractivity contribution < 1.29 is 8.42 Å². The molecule has 2 N–H and O–H groups in total. The molecule has 0 aliphatic carbocycles. The van der Waals surface area contributed by atoms with Crippen molar-refractivity contribution in [2.24, 2.45) is 0 Å². The minimum atomic E-state index is -3.47. The molecule has 2 heterocycles. The van der Waals surface area contributed by atoms with E-state index in [9.17, 15) is 8.42 Å². The van der Waals surface area contributed by atoms with Gasteiger partial charge in [-0.3, -0.25) is 4.31 Å². The van der Waals surface area contributed by atoms with Crippen molar-refractivity contribution in [2.75, 3.05) is 22.3 Å². The lowest BCUT2D eigenvalue weighted by Crippen LogP contribution is -2.35. The summed E-state index contributed by atoms with van der Waals surface area (Å²) in [6.45, 7) is 0.474. The molecule has 0 amide bonds. The minimum absolute atomic E-state index is 0.368. The Morgan fingerprint density at radius 2 is 2.11 bits per heavy atom. The Balaban J connectivity index is 2.12. The fourth-order valence-corrected chi connectivity index (χ4v) is 5.71. The lowest BCUT2D eigenvalue weighted by atomic mass is 10.3. The van der Waals surface area contributed by atoms with Crippen molar-refractivity contribution in [2.45, 2.75) is 9.10 Å². The number of nitrogens with zero attached hydrogens (tertiary/aromatic N) is 1. The van der Waals surface area contributed by atoms with Gasteiger partial charge < -0.3 is 5.73 Å². The summed E-state index contributed by atoms with van der Waals surface area (Å²) in [6, 6.07) is 8.79. The first-order valence-electron chi connectivity index (χ1n) is 5.67. The number of thioether (sulfide) groups is 1. The van der Waals surface area contributed by atoms with Gasteiger partial charge in [0.1, 0.15) is 4.21 Å². The zero-order chi connectivity index (χ0) is 13.5. The number of nitrogen functional groups attached to an aromatic ring is 1. The summed E-state index contributed by atoms with van der Waals surface area (Å²) in [7, 11) is -3.47. The van der Waals surface area contributed by atoms with Crippen LogP contribution in [0.2, 0.25) is 0 Å². The molecule has 1 aromatic carbocycles. The molecule has 0 bridgehead atoms. The van der Waals surface area contributed by atoms with Gasteiger partial charge in [0.2, 0.25) is 0 Å². The van der Waals surface area contributed by atoms with E-state index >= 15 is 0 Å². The van der Waals surface area contributed by atoms with E-state index in [4.69, 9.17) is 5.73 Å². The predicted molar refractivity (Wildman–Crippen MR) is 80.4 cm³/mol. The molecule has 2 aromatic rings. The van der Waals surface area contributed by atoms with E-state index in [0.29, 0.717) is 22.1 Å². The van der Waals surface area contributed by atoms with Gasteiger partial charge in [-0.05, 0) is 29.6 Å². The van der Waals surface area contributed by atoms with Crippen LogP contribution in [0.25, 0.3) is 0 Å². The molecule has 19 heavy (non-hydrogen) atoms. The smallest absolute Gasteiger partial charge is 0.273 e. The highest BCUT2D eigenvalue weighted by molar-refractivity contribution is 8.00. The fraction of sp³-hybridized carbons (Fsp3) is 0.167. The molecule has 0 radical (unpaired) electrons. The van der Waals surface area contributed by atoms with Gasteiger partial charge in [0.25, 0.3) is 10.0 Å². The zero-order valence-electron chi connectivity index (χ0n) is 9.94. The van der Waals surface area contributed by atoms with Gasteiger partial charge in [-0.2, -0.15) is 0 Å². The average Bonchev–Trinajstić information content (AvgIpc) is 2.92. The number of fused-ring (bicyclic) bond motifs is 1. The second kappa shape index (κ2) is 4.73. The third kappa shape index (κ3) is 2.22. The number of anilines is 2. The van der Waals surface area contributed by atoms with Crippen LogP contribution in [0.3, 0.4) is 0 Å². The molecule has 3 rings (SSSR count). The molecule has 100 valence electrons. The van der Waals surface area contributed by atoms with Crippen LogP contribution in [0.1, 0.15) is 0 Å². The highest BCUT2D eigenvalue weighted by Gasteiger charge is 2.30. The summed E-state index contributed by atoms with van der Waals surface area (Å²) < 4.78 is 27.0. The fourth-order valence-electron chi connectivity index (χ4n) is 1.98. The molecule has 0 atom stereocenters. The molecular weight excluding hydrogens is 300 g/mol. The van der Waals surface area contributed by atoms with E-state index in [1.165, 1.54) is 15.6 Å². The first kappa shape index (κ1) is 12.8. The van der Waals surface area contributed by atoms with Crippen LogP contribution in [0, 0.1) is 0 Å². The third-order valence-electron chi connectivity index (χ3n) is 2.84. The van der Waals surface area contributed by atoms with Gasteiger partial charge in [-0.15, -0.1) is 23.1 Å². The Hall–Kier alpha value is -1.18. The maximum absolute atomic E-state index is 12.6. The Bertz CT molecular complexity index is 696. The molecule has 1 aliphatic heterocycles. The second-order valence-electron chi connectivity index (χ2n) is 4.08. The van der Waals surface area contributed by atoms with Gasteiger partial charge in [0.05, 0.1) is 5.69 Å². The van der Waals surface area contributed by atoms with E-state index in [-0.39, 0.29) is 0 Å². The minimum Gasteiger partial charge on any atom is -0.399 e. The topological polar surface area (TPSA) is 63.4 Å².